The smallest absolute Gasteiger partial charge is 0.225 e. The van der Waals surface area contributed by atoms with Crippen LogP contribution in [0.1, 0.15) is 17.0 Å². The van der Waals surface area contributed by atoms with Gasteiger partial charge in [-0.2, -0.15) is 5.10 Å². The monoisotopic (exact) mass is 370 g/mol. The minimum Gasteiger partial charge on any atom is -0.485 e. The summed E-state index contributed by atoms with van der Waals surface area (Å²) in [6.45, 7) is 5.07. The molecular weight excluding hydrogens is 352 g/mol. The summed E-state index contributed by atoms with van der Waals surface area (Å²) in [6.07, 6.45) is -0.0181. The van der Waals surface area contributed by atoms with Crippen LogP contribution in [0.5, 0.6) is 11.5 Å². The van der Waals surface area contributed by atoms with E-state index in [1.807, 2.05) is 31.4 Å². The first-order valence-electron chi connectivity index (χ1n) is 8.21. The molecule has 1 amide bonds. The van der Waals surface area contributed by atoms with Crippen molar-refractivity contribution in [2.45, 2.75) is 20.3 Å². The second-order valence-electron chi connectivity index (χ2n) is 6.21. The third-order valence-electron chi connectivity index (χ3n) is 3.94. The van der Waals surface area contributed by atoms with Gasteiger partial charge in [0, 0.05) is 5.38 Å². The van der Waals surface area contributed by atoms with Gasteiger partial charge in [0.25, 0.3) is 0 Å². The second-order valence-corrected chi connectivity index (χ2v) is 7.09. The van der Waals surface area contributed by atoms with Crippen molar-refractivity contribution in [3.8, 4) is 27.9 Å². The number of rotatable bonds is 4. The number of nitrogens with two attached hydrogens (primary N) is 1. The van der Waals surface area contributed by atoms with Crippen LogP contribution < -0.4 is 15.2 Å². The van der Waals surface area contributed by atoms with Gasteiger partial charge >= 0.3 is 0 Å². The zero-order valence-electron chi connectivity index (χ0n) is 14.5. The predicted octanol–water partition coefficient (Wildman–Crippen LogP) is 2.41. The second kappa shape index (κ2) is 6.45. The van der Waals surface area contributed by atoms with Gasteiger partial charge < -0.3 is 15.2 Å². The van der Waals surface area contributed by atoms with Gasteiger partial charge in [-0.05, 0) is 37.1 Å². The number of thiophene rings is 1. The topological polar surface area (TPSA) is 92.3 Å². The Hall–Kier alpha value is -2.87. The van der Waals surface area contributed by atoms with E-state index in [-0.39, 0.29) is 6.42 Å². The van der Waals surface area contributed by atoms with Crippen molar-refractivity contribution in [3.63, 3.8) is 0 Å². The minimum atomic E-state index is -0.470. The van der Waals surface area contributed by atoms with Gasteiger partial charge in [-0.15, -0.1) is 11.3 Å². The molecule has 8 heteroatoms. The lowest BCUT2D eigenvalue weighted by molar-refractivity contribution is -0.117. The van der Waals surface area contributed by atoms with E-state index in [9.17, 15) is 4.79 Å². The van der Waals surface area contributed by atoms with Crippen LogP contribution in [0.15, 0.2) is 23.6 Å². The maximum absolute atomic E-state index is 11.3. The fraction of sp³-hybridized carbons (Fsp3) is 0.278. The molecule has 1 aliphatic rings. The van der Waals surface area contributed by atoms with Crippen LogP contribution in [0.3, 0.4) is 0 Å². The molecule has 0 saturated carbocycles. The summed E-state index contributed by atoms with van der Waals surface area (Å²) in [5, 5.41) is 6.42. The lowest BCUT2D eigenvalue weighted by Crippen LogP contribution is -2.14. The molecule has 1 aliphatic heterocycles. The molecular formula is C18H18N4O3S. The molecule has 0 atom stereocenters. The molecule has 3 heterocycles. The zero-order chi connectivity index (χ0) is 18.3. The van der Waals surface area contributed by atoms with Crippen LogP contribution in [0.2, 0.25) is 0 Å². The zero-order valence-corrected chi connectivity index (χ0v) is 15.3. The summed E-state index contributed by atoms with van der Waals surface area (Å²) >= 11 is 1.48. The highest BCUT2D eigenvalue weighted by Crippen LogP contribution is 2.45. The SMILES string of the molecule is Cc1cc(C)cc(-n2nc(CC(N)=O)nc2-c2scc3c2OCCO3)c1. The van der Waals surface area contributed by atoms with Crippen LogP contribution in [-0.2, 0) is 11.2 Å². The highest BCUT2D eigenvalue weighted by molar-refractivity contribution is 7.14. The molecule has 0 unspecified atom stereocenters. The number of fused-ring (bicyclic) bond motifs is 1. The number of carbonyl (C=O) groups is 1. The number of ether oxygens (including phenoxy) is 2. The summed E-state index contributed by atoms with van der Waals surface area (Å²) in [5.74, 6) is 1.91. The lowest BCUT2D eigenvalue weighted by Gasteiger charge is -2.16. The first kappa shape index (κ1) is 16.6. The molecule has 134 valence electrons. The Balaban J connectivity index is 1.89. The van der Waals surface area contributed by atoms with Crippen LogP contribution in [0, 0.1) is 13.8 Å². The lowest BCUT2D eigenvalue weighted by atomic mass is 10.1. The molecule has 2 N–H and O–H groups in total. The summed E-state index contributed by atoms with van der Waals surface area (Å²) in [7, 11) is 0. The van der Waals surface area contributed by atoms with Gasteiger partial charge in [0.1, 0.15) is 18.1 Å². The number of hydrogen-bond acceptors (Lipinski definition) is 6. The van der Waals surface area contributed by atoms with Gasteiger partial charge in [-0.25, -0.2) is 9.67 Å². The van der Waals surface area contributed by atoms with Crippen LogP contribution >= 0.6 is 11.3 Å². The van der Waals surface area contributed by atoms with Gasteiger partial charge in [0.2, 0.25) is 5.91 Å². The fourth-order valence-corrected chi connectivity index (χ4v) is 3.91. The Kier molecular flexibility index (Phi) is 4.12. The molecule has 7 nitrogen and oxygen atoms in total. The normalized spacial score (nSPS) is 13.0. The number of aromatic nitrogens is 3. The number of amides is 1. The molecule has 0 fully saturated rings. The molecule has 0 bridgehead atoms. The number of benzene rings is 1. The van der Waals surface area contributed by atoms with Crippen molar-refractivity contribution in [2.75, 3.05) is 13.2 Å². The largest absolute Gasteiger partial charge is 0.485 e. The fourth-order valence-electron chi connectivity index (χ4n) is 3.00. The van der Waals surface area contributed by atoms with E-state index < -0.39 is 5.91 Å². The quantitative estimate of drug-likeness (QED) is 0.761. The van der Waals surface area contributed by atoms with E-state index in [2.05, 4.69) is 16.1 Å². The van der Waals surface area contributed by atoms with E-state index in [0.29, 0.717) is 36.4 Å². The summed E-state index contributed by atoms with van der Waals surface area (Å²) in [5.41, 5.74) is 8.44. The van der Waals surface area contributed by atoms with E-state index >= 15 is 0 Å². The average Bonchev–Trinajstić information content (AvgIpc) is 3.17. The van der Waals surface area contributed by atoms with Crippen LogP contribution in [-0.4, -0.2) is 33.9 Å². The van der Waals surface area contributed by atoms with E-state index in [0.717, 1.165) is 21.7 Å². The summed E-state index contributed by atoms with van der Waals surface area (Å²) in [4.78, 5) is 16.7. The van der Waals surface area contributed by atoms with Crippen molar-refractivity contribution in [2.24, 2.45) is 5.73 Å². The van der Waals surface area contributed by atoms with E-state index in [1.54, 1.807) is 4.68 Å². The minimum absolute atomic E-state index is 0.0181. The molecule has 4 rings (SSSR count). The molecule has 0 aliphatic carbocycles. The maximum Gasteiger partial charge on any atom is 0.225 e. The van der Waals surface area contributed by atoms with Gasteiger partial charge in [0.15, 0.2) is 23.1 Å². The van der Waals surface area contributed by atoms with Crippen LogP contribution in [0.25, 0.3) is 16.4 Å². The Morgan fingerprint density at radius 2 is 1.96 bits per heavy atom. The first-order valence-corrected chi connectivity index (χ1v) is 9.09. The predicted molar refractivity (Wildman–Crippen MR) is 98.0 cm³/mol. The number of aryl methyl sites for hydroxylation is 2. The average molecular weight is 370 g/mol. The Bertz CT molecular complexity index is 972. The van der Waals surface area contributed by atoms with Crippen LogP contribution in [0.4, 0.5) is 0 Å². The summed E-state index contributed by atoms with van der Waals surface area (Å²) < 4.78 is 13.2. The van der Waals surface area contributed by atoms with Crippen molar-refractivity contribution in [3.05, 3.63) is 40.5 Å². The third-order valence-corrected chi connectivity index (χ3v) is 4.87. The number of hydrogen-bond donors (Lipinski definition) is 1. The van der Waals surface area contributed by atoms with Crippen molar-refractivity contribution in [1.82, 2.24) is 14.8 Å². The number of primary amides is 1. The summed E-state index contributed by atoms with van der Waals surface area (Å²) in [6, 6.07) is 6.14. The Morgan fingerprint density at radius 3 is 2.69 bits per heavy atom. The highest BCUT2D eigenvalue weighted by Gasteiger charge is 2.25. The van der Waals surface area contributed by atoms with Crippen molar-refractivity contribution in [1.29, 1.82) is 0 Å². The molecule has 0 radical (unpaired) electrons. The number of nitrogens with zero attached hydrogens (tertiary/aromatic N) is 3. The van der Waals surface area contributed by atoms with Gasteiger partial charge in [-0.1, -0.05) is 6.07 Å². The molecule has 0 saturated heterocycles. The van der Waals surface area contributed by atoms with Crippen molar-refractivity contribution >= 4 is 17.2 Å². The molecule has 26 heavy (non-hydrogen) atoms. The molecule has 0 spiro atoms. The third kappa shape index (κ3) is 3.03. The Labute approximate surface area is 154 Å². The molecule has 3 aromatic rings. The first-order chi connectivity index (χ1) is 12.5. The molecule has 1 aromatic carbocycles. The van der Waals surface area contributed by atoms with Crippen molar-refractivity contribution < 1.29 is 14.3 Å². The standard InChI is InChI=1S/C18H18N4O3S/c1-10-5-11(2)7-12(6-10)22-18(20-15(21-22)8-14(19)23)17-16-13(9-26-17)24-3-4-25-16/h5-7,9H,3-4,8H2,1-2H3,(H2,19,23). The van der Waals surface area contributed by atoms with Gasteiger partial charge in [0.05, 0.1) is 12.1 Å². The Morgan fingerprint density at radius 1 is 1.23 bits per heavy atom. The van der Waals surface area contributed by atoms with E-state index in [1.165, 1.54) is 11.3 Å². The molecule has 2 aromatic heterocycles. The van der Waals surface area contributed by atoms with E-state index in [4.69, 9.17) is 15.2 Å². The number of carbonyl (C=O) groups excluding carboxylic acids is 1. The maximum atomic E-state index is 11.3. The van der Waals surface area contributed by atoms with Gasteiger partial charge in [-0.3, -0.25) is 4.79 Å². The highest BCUT2D eigenvalue weighted by atomic mass is 32.1.